The molecule has 0 radical (unpaired) electrons. The summed E-state index contributed by atoms with van der Waals surface area (Å²) >= 11 is 0. The van der Waals surface area contributed by atoms with Gasteiger partial charge in [-0.05, 0) is 25.5 Å². The Morgan fingerprint density at radius 3 is 2.86 bits per heavy atom. The third-order valence-corrected chi connectivity index (χ3v) is 2.82. The van der Waals surface area contributed by atoms with E-state index in [0.29, 0.717) is 6.04 Å². The fourth-order valence-electron chi connectivity index (χ4n) is 2.07. The lowest BCUT2D eigenvalue weighted by Gasteiger charge is -2.25. The van der Waals surface area contributed by atoms with Gasteiger partial charge >= 0.3 is 0 Å². The summed E-state index contributed by atoms with van der Waals surface area (Å²) in [6.07, 6.45) is 3.84. The van der Waals surface area contributed by atoms with E-state index in [4.69, 9.17) is 4.74 Å². The second kappa shape index (κ2) is 4.47. The van der Waals surface area contributed by atoms with Gasteiger partial charge in [-0.15, -0.1) is 0 Å². The van der Waals surface area contributed by atoms with Gasteiger partial charge in [0, 0.05) is 11.6 Å². The van der Waals surface area contributed by atoms with Crippen molar-refractivity contribution in [3.05, 3.63) is 29.8 Å². The lowest BCUT2D eigenvalue weighted by molar-refractivity contribution is 0.373. The Hall–Kier alpha value is -1.02. The van der Waals surface area contributed by atoms with E-state index in [1.165, 1.54) is 24.8 Å². The molecule has 1 aromatic carbocycles. The van der Waals surface area contributed by atoms with E-state index in [1.807, 2.05) is 12.1 Å². The number of para-hydroxylation sites is 1. The Morgan fingerprint density at radius 2 is 2.14 bits per heavy atom. The Bertz CT molecular complexity index is 292. The maximum absolute atomic E-state index is 5.36. The zero-order valence-corrected chi connectivity index (χ0v) is 8.62. The maximum atomic E-state index is 5.36. The molecule has 14 heavy (non-hydrogen) atoms. The molecule has 0 aromatic heterocycles. The maximum Gasteiger partial charge on any atom is 0.123 e. The van der Waals surface area contributed by atoms with Gasteiger partial charge in [-0.1, -0.05) is 24.6 Å². The molecule has 1 N–H and O–H groups in total. The first-order valence-corrected chi connectivity index (χ1v) is 5.28. The number of rotatable bonds is 2. The average molecular weight is 191 g/mol. The lowest BCUT2D eigenvalue weighted by atomic mass is 9.97. The predicted octanol–water partition coefficient (Wildman–Crippen LogP) is 2.51. The minimum absolute atomic E-state index is 0.486. The summed E-state index contributed by atoms with van der Waals surface area (Å²) in [5.41, 5.74) is 1.30. The summed E-state index contributed by atoms with van der Waals surface area (Å²) in [7, 11) is 1.74. The number of benzene rings is 1. The van der Waals surface area contributed by atoms with Crippen molar-refractivity contribution >= 4 is 0 Å². The van der Waals surface area contributed by atoms with E-state index in [1.54, 1.807) is 7.11 Å². The van der Waals surface area contributed by atoms with Gasteiger partial charge < -0.3 is 10.1 Å². The SMILES string of the molecule is COc1ccccc1C1CCCCN1. The molecule has 0 aliphatic carbocycles. The first-order chi connectivity index (χ1) is 6.92. The van der Waals surface area contributed by atoms with E-state index >= 15 is 0 Å². The summed E-state index contributed by atoms with van der Waals surface area (Å²) in [5.74, 6) is 1.01. The predicted molar refractivity (Wildman–Crippen MR) is 57.6 cm³/mol. The first-order valence-electron chi connectivity index (χ1n) is 5.28. The summed E-state index contributed by atoms with van der Waals surface area (Å²) in [6, 6.07) is 8.77. The number of ether oxygens (including phenoxy) is 1. The Morgan fingerprint density at radius 1 is 1.29 bits per heavy atom. The molecular formula is C12H17NO. The molecule has 0 saturated carbocycles. The Labute approximate surface area is 85.3 Å². The second-order valence-corrected chi connectivity index (χ2v) is 3.74. The average Bonchev–Trinajstić information content (AvgIpc) is 2.30. The molecule has 0 amide bonds. The number of nitrogens with one attached hydrogen (secondary N) is 1. The summed E-state index contributed by atoms with van der Waals surface area (Å²) in [4.78, 5) is 0. The van der Waals surface area contributed by atoms with Crippen molar-refractivity contribution in [1.82, 2.24) is 5.32 Å². The molecular weight excluding hydrogens is 174 g/mol. The monoisotopic (exact) mass is 191 g/mol. The van der Waals surface area contributed by atoms with Crippen LogP contribution < -0.4 is 10.1 Å². The molecule has 1 atom stereocenters. The van der Waals surface area contributed by atoms with Crippen LogP contribution in [0.2, 0.25) is 0 Å². The van der Waals surface area contributed by atoms with Gasteiger partial charge in [-0.25, -0.2) is 0 Å². The summed E-state index contributed by atoms with van der Waals surface area (Å²) in [6.45, 7) is 1.13. The largest absolute Gasteiger partial charge is 0.496 e. The highest BCUT2D eigenvalue weighted by Crippen LogP contribution is 2.29. The molecule has 76 valence electrons. The van der Waals surface area contributed by atoms with Crippen molar-refractivity contribution in [1.29, 1.82) is 0 Å². The van der Waals surface area contributed by atoms with Crippen molar-refractivity contribution in [2.45, 2.75) is 25.3 Å². The highest BCUT2D eigenvalue weighted by Gasteiger charge is 2.17. The quantitative estimate of drug-likeness (QED) is 0.775. The minimum Gasteiger partial charge on any atom is -0.496 e. The van der Waals surface area contributed by atoms with Gasteiger partial charge in [0.15, 0.2) is 0 Å². The van der Waals surface area contributed by atoms with Gasteiger partial charge in [-0.3, -0.25) is 0 Å². The summed E-state index contributed by atoms with van der Waals surface area (Å²) < 4.78 is 5.36. The van der Waals surface area contributed by atoms with Crippen LogP contribution in [0.3, 0.4) is 0 Å². The van der Waals surface area contributed by atoms with Crippen molar-refractivity contribution in [2.24, 2.45) is 0 Å². The molecule has 1 unspecified atom stereocenters. The van der Waals surface area contributed by atoms with E-state index in [2.05, 4.69) is 17.4 Å². The molecule has 1 fully saturated rings. The number of hydrogen-bond acceptors (Lipinski definition) is 2. The van der Waals surface area contributed by atoms with Gasteiger partial charge in [0.05, 0.1) is 7.11 Å². The van der Waals surface area contributed by atoms with Crippen LogP contribution >= 0.6 is 0 Å². The zero-order valence-electron chi connectivity index (χ0n) is 8.62. The first kappa shape index (κ1) is 9.53. The molecule has 2 rings (SSSR count). The zero-order chi connectivity index (χ0) is 9.80. The third kappa shape index (κ3) is 1.90. The van der Waals surface area contributed by atoms with Crippen molar-refractivity contribution in [3.63, 3.8) is 0 Å². The molecule has 1 saturated heterocycles. The summed E-state index contributed by atoms with van der Waals surface area (Å²) in [5, 5.41) is 3.53. The van der Waals surface area contributed by atoms with Gasteiger partial charge in [0.1, 0.15) is 5.75 Å². The minimum atomic E-state index is 0.486. The topological polar surface area (TPSA) is 21.3 Å². The van der Waals surface area contributed by atoms with Crippen molar-refractivity contribution in [2.75, 3.05) is 13.7 Å². The van der Waals surface area contributed by atoms with Crippen LogP contribution in [0.15, 0.2) is 24.3 Å². The van der Waals surface area contributed by atoms with Crippen LogP contribution in [-0.4, -0.2) is 13.7 Å². The van der Waals surface area contributed by atoms with E-state index in [9.17, 15) is 0 Å². The molecule has 1 heterocycles. The van der Waals surface area contributed by atoms with Crippen LogP contribution in [0.1, 0.15) is 30.9 Å². The normalized spacial score (nSPS) is 21.9. The van der Waals surface area contributed by atoms with Gasteiger partial charge in [0.25, 0.3) is 0 Å². The van der Waals surface area contributed by atoms with E-state index < -0.39 is 0 Å². The molecule has 1 aliphatic heterocycles. The highest BCUT2D eigenvalue weighted by atomic mass is 16.5. The third-order valence-electron chi connectivity index (χ3n) is 2.82. The standard InChI is InChI=1S/C12H17NO/c1-14-12-8-3-2-6-10(12)11-7-4-5-9-13-11/h2-3,6,8,11,13H,4-5,7,9H2,1H3. The Kier molecular flexibility index (Phi) is 3.04. The Balaban J connectivity index is 2.20. The number of methoxy groups -OCH3 is 1. The fourth-order valence-corrected chi connectivity index (χ4v) is 2.07. The molecule has 0 bridgehead atoms. The van der Waals surface area contributed by atoms with Crippen LogP contribution in [-0.2, 0) is 0 Å². The lowest BCUT2D eigenvalue weighted by Crippen LogP contribution is -2.27. The van der Waals surface area contributed by atoms with Gasteiger partial charge in [-0.2, -0.15) is 0 Å². The molecule has 0 spiro atoms. The molecule has 2 heteroatoms. The van der Waals surface area contributed by atoms with Crippen molar-refractivity contribution < 1.29 is 4.74 Å². The number of hydrogen-bond donors (Lipinski definition) is 1. The number of piperidine rings is 1. The fraction of sp³-hybridized carbons (Fsp3) is 0.500. The van der Waals surface area contributed by atoms with E-state index in [0.717, 1.165) is 12.3 Å². The van der Waals surface area contributed by atoms with Crippen molar-refractivity contribution in [3.8, 4) is 5.75 Å². The molecule has 1 aliphatic rings. The van der Waals surface area contributed by atoms with Gasteiger partial charge in [0.2, 0.25) is 0 Å². The smallest absolute Gasteiger partial charge is 0.123 e. The van der Waals surface area contributed by atoms with Crippen LogP contribution in [0, 0.1) is 0 Å². The highest BCUT2D eigenvalue weighted by molar-refractivity contribution is 5.35. The molecule has 1 aromatic rings. The van der Waals surface area contributed by atoms with Crippen LogP contribution in [0.4, 0.5) is 0 Å². The van der Waals surface area contributed by atoms with Crippen LogP contribution in [0.25, 0.3) is 0 Å². The second-order valence-electron chi connectivity index (χ2n) is 3.74. The van der Waals surface area contributed by atoms with Crippen LogP contribution in [0.5, 0.6) is 5.75 Å². The molecule has 2 nitrogen and oxygen atoms in total. The van der Waals surface area contributed by atoms with E-state index in [-0.39, 0.29) is 0 Å².